The van der Waals surface area contributed by atoms with E-state index in [4.69, 9.17) is 27.9 Å². The van der Waals surface area contributed by atoms with Gasteiger partial charge in [-0.3, -0.25) is 4.31 Å². The minimum absolute atomic E-state index is 0.117. The molecule has 1 saturated heterocycles. The van der Waals surface area contributed by atoms with Crippen LogP contribution in [-0.2, 0) is 14.8 Å². The molecule has 0 amide bonds. The number of anilines is 1. The average molecular weight is 358 g/mol. The van der Waals surface area contributed by atoms with Crippen LogP contribution in [0.2, 0.25) is 10.0 Å². The first-order chi connectivity index (χ1) is 10.5. The molecule has 2 aromatic carbocycles. The molecule has 0 spiro atoms. The van der Waals surface area contributed by atoms with E-state index < -0.39 is 10.0 Å². The first-order valence-corrected chi connectivity index (χ1v) is 8.82. The lowest BCUT2D eigenvalue weighted by molar-refractivity contribution is 0.412. The summed E-state index contributed by atoms with van der Waals surface area (Å²) in [4.78, 5) is 0.201. The van der Waals surface area contributed by atoms with Crippen molar-refractivity contribution < 1.29 is 13.2 Å². The summed E-state index contributed by atoms with van der Waals surface area (Å²) in [5, 5.41) is 0.744. The molecule has 7 heteroatoms. The van der Waals surface area contributed by atoms with E-state index in [1.165, 1.54) is 4.31 Å². The van der Waals surface area contributed by atoms with Crippen LogP contribution in [0.15, 0.2) is 53.4 Å². The van der Waals surface area contributed by atoms with Gasteiger partial charge in [0.05, 0.1) is 34.9 Å². The monoisotopic (exact) mass is 357 g/mol. The molecule has 1 heterocycles. The molecule has 1 aliphatic rings. The number of sulfonamides is 1. The lowest BCUT2D eigenvalue weighted by Gasteiger charge is -2.25. The summed E-state index contributed by atoms with van der Waals surface area (Å²) in [6, 6.07) is 13.0. The summed E-state index contributed by atoms with van der Waals surface area (Å²) >= 11 is 12.2. The number of nitrogens with zero attached hydrogens (tertiary/aromatic N) is 1. The predicted molar refractivity (Wildman–Crippen MR) is 87.2 cm³/mol. The van der Waals surface area contributed by atoms with Crippen molar-refractivity contribution in [1.29, 1.82) is 0 Å². The van der Waals surface area contributed by atoms with Gasteiger partial charge in [0.2, 0.25) is 0 Å². The highest BCUT2D eigenvalue weighted by atomic mass is 35.5. The third-order valence-electron chi connectivity index (χ3n) is 3.28. The summed E-state index contributed by atoms with van der Waals surface area (Å²) in [7, 11) is -3.74. The minimum atomic E-state index is -3.74. The predicted octanol–water partition coefficient (Wildman–Crippen LogP) is 3.59. The van der Waals surface area contributed by atoms with Crippen molar-refractivity contribution >= 4 is 38.9 Å². The fourth-order valence-corrected chi connectivity index (χ4v) is 4.05. The molecule has 0 radical (unpaired) electrons. The van der Waals surface area contributed by atoms with Gasteiger partial charge in [0.25, 0.3) is 10.0 Å². The number of hydrogen-bond donors (Lipinski definition) is 0. The number of ether oxygens (including phenoxy) is 1. The second kappa shape index (κ2) is 6.08. The van der Waals surface area contributed by atoms with E-state index in [9.17, 15) is 8.42 Å². The molecule has 0 aliphatic carbocycles. The maximum atomic E-state index is 12.9. The van der Waals surface area contributed by atoms with Gasteiger partial charge >= 0.3 is 0 Å². The molecule has 2 aromatic rings. The number of rotatable bonds is 5. The van der Waals surface area contributed by atoms with Gasteiger partial charge in [-0.05, 0) is 30.3 Å². The Hall–Kier alpha value is -1.27. The maximum Gasteiger partial charge on any atom is 0.264 e. The fourth-order valence-electron chi connectivity index (χ4n) is 2.08. The standard InChI is InChI=1S/C15H13Cl2NO3S/c16-11-6-7-14(17)15(8-11)18(9-12-10-21-12)22(19,20)13-4-2-1-3-5-13/h1-8,12H,9-10H2/t12-/m0/s1. The van der Waals surface area contributed by atoms with Crippen LogP contribution >= 0.6 is 23.2 Å². The Morgan fingerprint density at radius 3 is 2.45 bits per heavy atom. The maximum absolute atomic E-state index is 12.9. The van der Waals surface area contributed by atoms with Crippen LogP contribution in [0.4, 0.5) is 5.69 Å². The largest absolute Gasteiger partial charge is 0.371 e. The van der Waals surface area contributed by atoms with Crippen LogP contribution in [0.3, 0.4) is 0 Å². The normalized spacial score (nSPS) is 17.3. The lowest BCUT2D eigenvalue weighted by atomic mass is 10.3. The molecule has 116 valence electrons. The van der Waals surface area contributed by atoms with Crippen molar-refractivity contribution in [1.82, 2.24) is 0 Å². The van der Waals surface area contributed by atoms with Crippen molar-refractivity contribution in [2.45, 2.75) is 11.0 Å². The molecule has 3 rings (SSSR count). The smallest absolute Gasteiger partial charge is 0.264 e. The van der Waals surface area contributed by atoms with Crippen molar-refractivity contribution in [3.05, 3.63) is 58.6 Å². The zero-order valence-electron chi connectivity index (χ0n) is 11.4. The first-order valence-electron chi connectivity index (χ1n) is 6.63. The SMILES string of the molecule is O=S(=O)(c1ccccc1)N(C[C@H]1CO1)c1cc(Cl)ccc1Cl. The molecule has 0 N–H and O–H groups in total. The Balaban J connectivity index is 2.08. The van der Waals surface area contributed by atoms with Gasteiger partial charge in [0.1, 0.15) is 0 Å². The minimum Gasteiger partial charge on any atom is -0.371 e. The summed E-state index contributed by atoms with van der Waals surface area (Å²) in [6.07, 6.45) is -0.117. The summed E-state index contributed by atoms with van der Waals surface area (Å²) < 4.78 is 32.3. The molecule has 4 nitrogen and oxygen atoms in total. The van der Waals surface area contributed by atoms with Crippen LogP contribution in [0, 0.1) is 0 Å². The third-order valence-corrected chi connectivity index (χ3v) is 5.63. The van der Waals surface area contributed by atoms with Gasteiger partial charge in [0.15, 0.2) is 0 Å². The van der Waals surface area contributed by atoms with Crippen LogP contribution in [-0.4, -0.2) is 27.7 Å². The van der Waals surface area contributed by atoms with Crippen molar-refractivity contribution in [3.8, 4) is 0 Å². The van der Waals surface area contributed by atoms with Gasteiger partial charge in [-0.2, -0.15) is 0 Å². The van der Waals surface area contributed by atoms with Crippen LogP contribution in [0.1, 0.15) is 0 Å². The Kier molecular flexibility index (Phi) is 4.32. The van der Waals surface area contributed by atoms with Gasteiger partial charge < -0.3 is 4.74 Å². The topological polar surface area (TPSA) is 49.9 Å². The number of halogens is 2. The van der Waals surface area contributed by atoms with Crippen LogP contribution in [0.25, 0.3) is 0 Å². The lowest BCUT2D eigenvalue weighted by Crippen LogP contribution is -2.34. The van der Waals surface area contributed by atoms with E-state index in [2.05, 4.69) is 0 Å². The summed E-state index contributed by atoms with van der Waals surface area (Å²) in [5.74, 6) is 0. The van der Waals surface area contributed by atoms with Crippen molar-refractivity contribution in [2.24, 2.45) is 0 Å². The molecular formula is C15H13Cl2NO3S. The zero-order valence-corrected chi connectivity index (χ0v) is 13.8. The van der Waals surface area contributed by atoms with E-state index in [0.29, 0.717) is 22.3 Å². The number of hydrogen-bond acceptors (Lipinski definition) is 3. The molecule has 0 bridgehead atoms. The van der Waals surface area contributed by atoms with E-state index >= 15 is 0 Å². The van der Waals surface area contributed by atoms with Gasteiger partial charge in [-0.25, -0.2) is 8.42 Å². The van der Waals surface area contributed by atoms with E-state index in [-0.39, 0.29) is 17.5 Å². The molecule has 0 aromatic heterocycles. The highest BCUT2D eigenvalue weighted by Crippen LogP contribution is 2.34. The molecule has 1 fully saturated rings. The fraction of sp³-hybridized carbons (Fsp3) is 0.200. The zero-order chi connectivity index (χ0) is 15.7. The molecule has 1 atom stereocenters. The second-order valence-corrected chi connectivity index (χ2v) is 7.61. The highest BCUT2D eigenvalue weighted by Gasteiger charge is 2.34. The second-order valence-electron chi connectivity index (χ2n) is 4.90. The first kappa shape index (κ1) is 15.6. The van der Waals surface area contributed by atoms with Gasteiger partial charge in [-0.15, -0.1) is 0 Å². The van der Waals surface area contributed by atoms with Crippen molar-refractivity contribution in [2.75, 3.05) is 17.5 Å². The quantitative estimate of drug-likeness (QED) is 0.768. The molecular weight excluding hydrogens is 345 g/mol. The molecule has 0 saturated carbocycles. The Morgan fingerprint density at radius 1 is 1.14 bits per heavy atom. The van der Waals surface area contributed by atoms with Gasteiger partial charge in [-0.1, -0.05) is 41.4 Å². The molecule has 1 aliphatic heterocycles. The summed E-state index contributed by atoms with van der Waals surface area (Å²) in [6.45, 7) is 0.746. The summed E-state index contributed by atoms with van der Waals surface area (Å²) in [5.41, 5.74) is 0.355. The Labute approximate surface area is 139 Å². The van der Waals surface area contributed by atoms with Crippen LogP contribution < -0.4 is 4.31 Å². The van der Waals surface area contributed by atoms with Gasteiger partial charge in [0, 0.05) is 5.02 Å². The van der Waals surface area contributed by atoms with E-state index in [0.717, 1.165) is 0 Å². The number of benzene rings is 2. The van der Waals surface area contributed by atoms with Crippen molar-refractivity contribution in [3.63, 3.8) is 0 Å². The van der Waals surface area contributed by atoms with Crippen LogP contribution in [0.5, 0.6) is 0 Å². The molecule has 0 unspecified atom stereocenters. The van der Waals surface area contributed by atoms with E-state index in [1.807, 2.05) is 0 Å². The average Bonchev–Trinajstić information content (AvgIpc) is 3.32. The highest BCUT2D eigenvalue weighted by molar-refractivity contribution is 7.92. The third kappa shape index (κ3) is 3.22. The Morgan fingerprint density at radius 2 is 1.82 bits per heavy atom. The number of epoxide rings is 1. The Bertz CT molecular complexity index is 777. The molecule has 22 heavy (non-hydrogen) atoms. The van der Waals surface area contributed by atoms with E-state index in [1.54, 1.807) is 48.5 Å².